The highest BCUT2D eigenvalue weighted by Gasteiger charge is 2.23. The topological polar surface area (TPSA) is 49.8 Å². The van der Waals surface area contributed by atoms with Gasteiger partial charge in [0.1, 0.15) is 5.75 Å². The Hall–Kier alpha value is -1.55. The van der Waals surface area contributed by atoms with E-state index >= 15 is 0 Å². The summed E-state index contributed by atoms with van der Waals surface area (Å²) < 4.78 is 5.58. The van der Waals surface area contributed by atoms with Crippen molar-refractivity contribution in [2.75, 3.05) is 19.7 Å². The normalized spacial score (nSPS) is 18.6. The van der Waals surface area contributed by atoms with E-state index in [1.165, 1.54) is 5.56 Å². The zero-order valence-electron chi connectivity index (χ0n) is 11.3. The number of carbonyl (C=O) groups is 1. The predicted molar refractivity (Wildman–Crippen MR) is 73.1 cm³/mol. The van der Waals surface area contributed by atoms with Crippen LogP contribution < -0.4 is 4.74 Å². The van der Waals surface area contributed by atoms with Gasteiger partial charge in [-0.25, -0.2) is 0 Å². The number of benzene rings is 1. The lowest BCUT2D eigenvalue weighted by molar-refractivity contribution is -0.130. The van der Waals surface area contributed by atoms with Crippen molar-refractivity contribution in [2.24, 2.45) is 0 Å². The van der Waals surface area contributed by atoms with Crippen LogP contribution in [0.15, 0.2) is 24.3 Å². The summed E-state index contributed by atoms with van der Waals surface area (Å²) in [5.74, 6) is 0.957. The average Bonchev–Trinajstić information content (AvgIpc) is 2.83. The molecule has 0 radical (unpaired) electrons. The first-order valence-corrected chi connectivity index (χ1v) is 6.80. The van der Waals surface area contributed by atoms with Gasteiger partial charge in [0.2, 0.25) is 5.91 Å². The zero-order valence-corrected chi connectivity index (χ0v) is 11.3. The van der Waals surface area contributed by atoms with Crippen molar-refractivity contribution in [1.82, 2.24) is 4.90 Å². The number of aliphatic hydroxyl groups excluding tert-OH is 1. The molecule has 1 heterocycles. The Kier molecular flexibility index (Phi) is 4.80. The third-order valence-corrected chi connectivity index (χ3v) is 3.34. The number of nitrogens with zero attached hydrogens (tertiary/aromatic N) is 1. The summed E-state index contributed by atoms with van der Waals surface area (Å²) in [6, 6.07) is 7.89. The Labute approximate surface area is 114 Å². The highest BCUT2D eigenvalue weighted by atomic mass is 16.5. The van der Waals surface area contributed by atoms with Crippen LogP contribution in [0.4, 0.5) is 0 Å². The number of hydrogen-bond acceptors (Lipinski definition) is 3. The van der Waals surface area contributed by atoms with Gasteiger partial charge in [0.25, 0.3) is 0 Å². The van der Waals surface area contributed by atoms with E-state index in [0.717, 1.165) is 5.75 Å². The fraction of sp³-hybridized carbons (Fsp3) is 0.533. The Bertz CT molecular complexity index is 416. The van der Waals surface area contributed by atoms with Crippen LogP contribution in [0.1, 0.15) is 24.8 Å². The fourth-order valence-electron chi connectivity index (χ4n) is 2.17. The molecule has 1 aliphatic rings. The number of aliphatic hydroxyl groups is 1. The number of carbonyl (C=O) groups excluding carboxylic acids is 1. The van der Waals surface area contributed by atoms with Crippen molar-refractivity contribution < 1.29 is 14.6 Å². The Morgan fingerprint density at radius 1 is 1.42 bits per heavy atom. The molecule has 4 heteroatoms. The lowest BCUT2D eigenvalue weighted by Crippen LogP contribution is -2.29. The molecule has 1 fully saturated rings. The number of ether oxygens (including phenoxy) is 1. The number of aryl methyl sites for hydroxylation is 1. The molecule has 4 nitrogen and oxygen atoms in total. The number of β-amino-alcohol motifs (C(OH)–C–C–N with tert-alkyl or cyclic N) is 1. The van der Waals surface area contributed by atoms with E-state index in [1.54, 1.807) is 4.90 Å². The highest BCUT2D eigenvalue weighted by Crippen LogP contribution is 2.13. The lowest BCUT2D eigenvalue weighted by atomic mass is 10.2. The maximum absolute atomic E-state index is 11.8. The van der Waals surface area contributed by atoms with Crippen molar-refractivity contribution in [3.8, 4) is 5.75 Å². The van der Waals surface area contributed by atoms with E-state index in [0.29, 0.717) is 39.0 Å². The molecular formula is C15H21NO3. The molecular weight excluding hydrogens is 242 g/mol. The molecule has 2 rings (SSSR count). The van der Waals surface area contributed by atoms with Crippen LogP contribution in [0, 0.1) is 6.92 Å². The van der Waals surface area contributed by atoms with Gasteiger partial charge in [-0.05, 0) is 31.9 Å². The summed E-state index contributed by atoms with van der Waals surface area (Å²) in [6.07, 6.45) is 1.55. The summed E-state index contributed by atoms with van der Waals surface area (Å²) in [5, 5.41) is 9.37. The van der Waals surface area contributed by atoms with Crippen LogP contribution in [0.5, 0.6) is 5.75 Å². The van der Waals surface area contributed by atoms with Gasteiger partial charge in [0, 0.05) is 19.5 Å². The Morgan fingerprint density at radius 2 is 2.16 bits per heavy atom. The number of hydrogen-bond donors (Lipinski definition) is 1. The maximum Gasteiger partial charge on any atom is 0.222 e. The number of rotatable bonds is 5. The fourth-order valence-corrected chi connectivity index (χ4v) is 2.17. The summed E-state index contributed by atoms with van der Waals surface area (Å²) in [4.78, 5) is 13.5. The minimum Gasteiger partial charge on any atom is -0.494 e. The van der Waals surface area contributed by atoms with Crippen LogP contribution in [0.25, 0.3) is 0 Å². The van der Waals surface area contributed by atoms with Crippen LogP contribution >= 0.6 is 0 Å². The van der Waals surface area contributed by atoms with E-state index in [4.69, 9.17) is 4.74 Å². The second-order valence-corrected chi connectivity index (χ2v) is 5.05. The largest absolute Gasteiger partial charge is 0.494 e. The van der Waals surface area contributed by atoms with Crippen LogP contribution in [-0.4, -0.2) is 41.7 Å². The summed E-state index contributed by atoms with van der Waals surface area (Å²) in [6.45, 7) is 3.74. The Morgan fingerprint density at radius 3 is 2.79 bits per heavy atom. The molecule has 104 valence electrons. The van der Waals surface area contributed by atoms with Crippen LogP contribution in [0.2, 0.25) is 0 Å². The van der Waals surface area contributed by atoms with Gasteiger partial charge in [-0.1, -0.05) is 17.7 Å². The number of amides is 1. The van der Waals surface area contributed by atoms with Gasteiger partial charge in [0.15, 0.2) is 0 Å². The lowest BCUT2D eigenvalue weighted by Gasteiger charge is -2.15. The van der Waals surface area contributed by atoms with E-state index < -0.39 is 0 Å². The third kappa shape index (κ3) is 4.24. The summed E-state index contributed by atoms with van der Waals surface area (Å²) >= 11 is 0. The first-order valence-electron chi connectivity index (χ1n) is 6.80. The van der Waals surface area contributed by atoms with Crippen LogP contribution in [-0.2, 0) is 4.79 Å². The van der Waals surface area contributed by atoms with E-state index in [1.807, 2.05) is 31.2 Å². The standard InChI is InChI=1S/C15H21NO3/c1-12-4-6-14(7-5-12)19-10-2-3-15(18)16-9-8-13(17)11-16/h4-7,13,17H,2-3,8-11H2,1H3. The molecule has 1 N–H and O–H groups in total. The molecule has 1 unspecified atom stereocenters. The van der Waals surface area contributed by atoms with Gasteiger partial charge in [-0.15, -0.1) is 0 Å². The molecule has 0 spiro atoms. The van der Waals surface area contributed by atoms with Crippen molar-refractivity contribution in [2.45, 2.75) is 32.3 Å². The van der Waals surface area contributed by atoms with E-state index in [2.05, 4.69) is 0 Å². The smallest absolute Gasteiger partial charge is 0.222 e. The second-order valence-electron chi connectivity index (χ2n) is 5.05. The molecule has 1 aromatic carbocycles. The molecule has 1 amide bonds. The van der Waals surface area contributed by atoms with Gasteiger partial charge >= 0.3 is 0 Å². The molecule has 0 aromatic heterocycles. The molecule has 19 heavy (non-hydrogen) atoms. The molecule has 1 atom stereocenters. The van der Waals surface area contributed by atoms with Crippen molar-refractivity contribution >= 4 is 5.91 Å². The van der Waals surface area contributed by atoms with Gasteiger partial charge < -0.3 is 14.7 Å². The molecule has 0 bridgehead atoms. The quantitative estimate of drug-likeness (QED) is 0.823. The zero-order chi connectivity index (χ0) is 13.7. The summed E-state index contributed by atoms with van der Waals surface area (Å²) in [5.41, 5.74) is 1.20. The average molecular weight is 263 g/mol. The summed E-state index contributed by atoms with van der Waals surface area (Å²) in [7, 11) is 0. The minimum atomic E-state index is -0.340. The molecule has 1 aliphatic heterocycles. The van der Waals surface area contributed by atoms with E-state index in [-0.39, 0.29) is 12.0 Å². The monoisotopic (exact) mass is 263 g/mol. The van der Waals surface area contributed by atoms with Crippen molar-refractivity contribution in [3.05, 3.63) is 29.8 Å². The maximum atomic E-state index is 11.8. The minimum absolute atomic E-state index is 0.115. The number of likely N-dealkylation sites (tertiary alicyclic amines) is 1. The molecule has 1 saturated heterocycles. The van der Waals surface area contributed by atoms with Gasteiger partial charge in [0.05, 0.1) is 12.7 Å². The molecule has 1 aromatic rings. The molecule has 0 saturated carbocycles. The first kappa shape index (κ1) is 13.9. The van der Waals surface area contributed by atoms with Crippen molar-refractivity contribution in [1.29, 1.82) is 0 Å². The first-order chi connectivity index (χ1) is 9.15. The Balaban J connectivity index is 1.64. The van der Waals surface area contributed by atoms with Gasteiger partial charge in [-0.2, -0.15) is 0 Å². The van der Waals surface area contributed by atoms with Crippen LogP contribution in [0.3, 0.4) is 0 Å². The second kappa shape index (κ2) is 6.57. The highest BCUT2D eigenvalue weighted by molar-refractivity contribution is 5.76. The van der Waals surface area contributed by atoms with E-state index in [9.17, 15) is 9.90 Å². The van der Waals surface area contributed by atoms with Gasteiger partial charge in [-0.3, -0.25) is 4.79 Å². The third-order valence-electron chi connectivity index (χ3n) is 3.34. The SMILES string of the molecule is Cc1ccc(OCCCC(=O)N2CCC(O)C2)cc1. The molecule has 0 aliphatic carbocycles. The predicted octanol–water partition coefficient (Wildman–Crippen LogP) is 1.75. The van der Waals surface area contributed by atoms with Crippen molar-refractivity contribution in [3.63, 3.8) is 0 Å².